The van der Waals surface area contributed by atoms with Crippen molar-refractivity contribution in [1.82, 2.24) is 9.97 Å². The molecule has 1 heterocycles. The van der Waals surface area contributed by atoms with E-state index in [1.54, 1.807) is 13.0 Å². The molecule has 0 atom stereocenters. The van der Waals surface area contributed by atoms with Gasteiger partial charge in [-0.1, -0.05) is 6.92 Å². The lowest BCUT2D eigenvalue weighted by Crippen LogP contribution is -2.15. The molecule has 90 valence electrons. The monoisotopic (exact) mass is 233 g/mol. The van der Waals surface area contributed by atoms with Crippen LogP contribution in [0.5, 0.6) is 0 Å². The van der Waals surface area contributed by atoms with Gasteiger partial charge in [0.25, 0.3) is 0 Å². The average molecular weight is 233 g/mol. The van der Waals surface area contributed by atoms with Gasteiger partial charge in [0, 0.05) is 18.3 Å². The first-order valence-corrected chi connectivity index (χ1v) is 5.06. The lowest BCUT2D eigenvalue weighted by molar-refractivity contribution is -0.128. The van der Waals surface area contributed by atoms with Crippen LogP contribution in [0.2, 0.25) is 0 Å². The van der Waals surface area contributed by atoms with Crippen LogP contribution in [0, 0.1) is 6.92 Å². The van der Waals surface area contributed by atoms with Gasteiger partial charge in [-0.2, -0.15) is 13.2 Å². The van der Waals surface area contributed by atoms with Crippen LogP contribution in [-0.2, 0) is 6.42 Å². The van der Waals surface area contributed by atoms with Crippen molar-refractivity contribution in [3.05, 3.63) is 17.6 Å². The van der Waals surface area contributed by atoms with E-state index < -0.39 is 12.6 Å². The molecule has 0 saturated carbocycles. The van der Waals surface area contributed by atoms with Gasteiger partial charge in [0.15, 0.2) is 0 Å². The van der Waals surface area contributed by atoms with E-state index in [0.717, 1.165) is 6.42 Å². The van der Waals surface area contributed by atoms with E-state index >= 15 is 0 Å². The minimum atomic E-state index is -4.27. The van der Waals surface area contributed by atoms with Crippen molar-refractivity contribution in [2.24, 2.45) is 0 Å². The molecule has 3 nitrogen and oxygen atoms in total. The Hall–Kier alpha value is -1.33. The maximum Gasteiger partial charge on any atom is 0.396 e. The summed E-state index contributed by atoms with van der Waals surface area (Å²) in [4.78, 5) is 7.57. The van der Waals surface area contributed by atoms with Crippen molar-refractivity contribution in [1.29, 1.82) is 0 Å². The van der Waals surface area contributed by atoms with Crippen molar-refractivity contribution < 1.29 is 13.2 Å². The highest BCUT2D eigenvalue weighted by Gasteiger charge is 2.29. The highest BCUT2D eigenvalue weighted by molar-refractivity contribution is 5.35. The maximum absolute atomic E-state index is 12.2. The van der Waals surface area contributed by atoms with E-state index in [1.165, 1.54) is 0 Å². The van der Waals surface area contributed by atoms with Gasteiger partial charge in [-0.15, -0.1) is 0 Å². The second kappa shape index (κ2) is 5.14. The predicted molar refractivity (Wildman–Crippen MR) is 55.3 cm³/mol. The molecule has 0 aliphatic carbocycles. The summed E-state index contributed by atoms with van der Waals surface area (Å²) in [6.45, 7) is 4.30. The number of hydrogen-bond donors (Lipinski definition) is 1. The van der Waals surface area contributed by atoms with Gasteiger partial charge in [-0.3, -0.25) is 0 Å². The first kappa shape index (κ1) is 12.7. The van der Waals surface area contributed by atoms with Crippen LogP contribution in [0.4, 0.5) is 19.0 Å². The Morgan fingerprint density at radius 2 is 2.00 bits per heavy atom. The Bertz CT molecular complexity index is 350. The molecule has 0 radical (unpaired) electrons. The number of aromatic nitrogens is 2. The van der Waals surface area contributed by atoms with E-state index in [-0.39, 0.29) is 5.82 Å². The first-order valence-electron chi connectivity index (χ1n) is 5.06. The Labute approximate surface area is 92.1 Å². The number of nitrogens with zero attached hydrogens (tertiary/aromatic N) is 2. The second-order valence-corrected chi connectivity index (χ2v) is 3.53. The van der Waals surface area contributed by atoms with Crippen molar-refractivity contribution in [2.75, 3.05) is 11.9 Å². The number of hydrogen-bond acceptors (Lipinski definition) is 3. The molecule has 0 unspecified atom stereocenters. The normalized spacial score (nSPS) is 11.6. The van der Waals surface area contributed by atoms with Gasteiger partial charge < -0.3 is 5.32 Å². The summed E-state index contributed by atoms with van der Waals surface area (Å²) < 4.78 is 36.5. The zero-order chi connectivity index (χ0) is 12.2. The molecule has 1 aromatic rings. The molecule has 16 heavy (non-hydrogen) atoms. The van der Waals surface area contributed by atoms with Gasteiger partial charge in [-0.25, -0.2) is 9.97 Å². The molecule has 0 aliphatic rings. The van der Waals surface area contributed by atoms with Crippen LogP contribution in [0.3, 0.4) is 0 Å². The average Bonchev–Trinajstić information content (AvgIpc) is 2.10. The third kappa shape index (κ3) is 4.46. The van der Waals surface area contributed by atoms with E-state index in [0.29, 0.717) is 18.1 Å². The number of anilines is 1. The number of alkyl halides is 3. The van der Waals surface area contributed by atoms with Crippen LogP contribution in [0.1, 0.15) is 24.9 Å². The molecule has 0 bridgehead atoms. The molecule has 0 saturated heterocycles. The largest absolute Gasteiger partial charge is 0.396 e. The maximum atomic E-state index is 12.2. The summed E-state index contributed by atoms with van der Waals surface area (Å²) in [7, 11) is 0. The van der Waals surface area contributed by atoms with Crippen LogP contribution in [-0.4, -0.2) is 22.7 Å². The van der Waals surface area contributed by atoms with Gasteiger partial charge in [-0.05, 0) is 13.3 Å². The minimum Gasteiger partial charge on any atom is -0.370 e. The van der Waals surface area contributed by atoms with Gasteiger partial charge in [0.05, 0.1) is 0 Å². The quantitative estimate of drug-likeness (QED) is 0.868. The van der Waals surface area contributed by atoms with Crippen molar-refractivity contribution in [2.45, 2.75) is 32.9 Å². The van der Waals surface area contributed by atoms with E-state index in [1.807, 2.05) is 6.92 Å². The third-order valence-electron chi connectivity index (χ3n) is 1.82. The summed E-state index contributed by atoms with van der Waals surface area (Å²) in [5.41, 5.74) is 0.535. The third-order valence-corrected chi connectivity index (χ3v) is 1.82. The predicted octanol–water partition coefficient (Wildman–Crippen LogP) is 2.71. The molecular weight excluding hydrogens is 219 g/mol. The molecule has 6 heteroatoms. The SMILES string of the molecule is CCCNc1cc(C)nc(CC(F)(F)F)n1. The van der Waals surface area contributed by atoms with Crippen molar-refractivity contribution in [3.63, 3.8) is 0 Å². The standard InChI is InChI=1S/C10H14F3N3/c1-3-4-14-8-5-7(2)15-9(16-8)6-10(11,12)13/h5H,3-4,6H2,1-2H3,(H,14,15,16). The summed E-state index contributed by atoms with van der Waals surface area (Å²) in [5, 5.41) is 2.94. The Balaban J connectivity index is 2.81. The zero-order valence-corrected chi connectivity index (χ0v) is 9.23. The highest BCUT2D eigenvalue weighted by atomic mass is 19.4. The molecule has 1 rings (SSSR count). The van der Waals surface area contributed by atoms with Crippen LogP contribution in [0.25, 0.3) is 0 Å². The molecule has 0 fully saturated rings. The Morgan fingerprint density at radius 1 is 1.31 bits per heavy atom. The molecule has 0 aliphatic heterocycles. The van der Waals surface area contributed by atoms with Gasteiger partial charge >= 0.3 is 6.18 Å². The second-order valence-electron chi connectivity index (χ2n) is 3.53. The van der Waals surface area contributed by atoms with Crippen molar-refractivity contribution >= 4 is 5.82 Å². The fraction of sp³-hybridized carbons (Fsp3) is 0.600. The zero-order valence-electron chi connectivity index (χ0n) is 9.23. The Kier molecular flexibility index (Phi) is 4.09. The summed E-state index contributed by atoms with van der Waals surface area (Å²) in [6.07, 6.45) is -4.47. The van der Waals surface area contributed by atoms with E-state index in [9.17, 15) is 13.2 Å². The lowest BCUT2D eigenvalue weighted by atomic mass is 10.3. The minimum absolute atomic E-state index is 0.189. The number of aryl methyl sites for hydroxylation is 1. The topological polar surface area (TPSA) is 37.8 Å². The number of nitrogens with one attached hydrogen (secondary N) is 1. The fourth-order valence-electron chi connectivity index (χ4n) is 1.23. The summed E-state index contributed by atoms with van der Waals surface area (Å²) >= 11 is 0. The van der Waals surface area contributed by atoms with Crippen LogP contribution in [0.15, 0.2) is 6.07 Å². The number of halogens is 3. The van der Waals surface area contributed by atoms with Gasteiger partial charge in [0.1, 0.15) is 18.1 Å². The molecular formula is C10H14F3N3. The lowest BCUT2D eigenvalue weighted by Gasteiger charge is -2.09. The summed E-state index contributed by atoms with van der Waals surface area (Å²) in [6, 6.07) is 1.63. The van der Waals surface area contributed by atoms with E-state index in [2.05, 4.69) is 15.3 Å². The summed E-state index contributed by atoms with van der Waals surface area (Å²) in [5.74, 6) is 0.264. The smallest absolute Gasteiger partial charge is 0.370 e. The highest BCUT2D eigenvalue weighted by Crippen LogP contribution is 2.20. The van der Waals surface area contributed by atoms with E-state index in [4.69, 9.17) is 0 Å². The molecule has 1 aromatic heterocycles. The molecule has 0 aromatic carbocycles. The molecule has 0 amide bonds. The number of rotatable bonds is 4. The van der Waals surface area contributed by atoms with Gasteiger partial charge in [0.2, 0.25) is 0 Å². The molecule has 0 spiro atoms. The Morgan fingerprint density at radius 3 is 2.56 bits per heavy atom. The first-order chi connectivity index (χ1) is 7.40. The van der Waals surface area contributed by atoms with Crippen LogP contribution < -0.4 is 5.32 Å². The molecule has 1 N–H and O–H groups in total. The van der Waals surface area contributed by atoms with Crippen LogP contribution >= 0.6 is 0 Å². The van der Waals surface area contributed by atoms with Crippen molar-refractivity contribution in [3.8, 4) is 0 Å². The fourth-order valence-corrected chi connectivity index (χ4v) is 1.23.